The van der Waals surface area contributed by atoms with E-state index in [-0.39, 0.29) is 17.9 Å². The zero-order valence-electron chi connectivity index (χ0n) is 11.7. The molecule has 19 heavy (non-hydrogen) atoms. The van der Waals surface area contributed by atoms with Gasteiger partial charge in [-0.2, -0.15) is 0 Å². The summed E-state index contributed by atoms with van der Waals surface area (Å²) in [4.78, 5) is 12.4. The summed E-state index contributed by atoms with van der Waals surface area (Å²) in [6, 6.07) is 0. The summed E-state index contributed by atoms with van der Waals surface area (Å²) in [6.45, 7) is 2.20. The normalized spacial score (nSPS) is 42.5. The molecular formula is C16H24N2O. The maximum absolute atomic E-state index is 12.4. The number of nitrogens with two attached hydrogens (primary N) is 1. The highest BCUT2D eigenvalue weighted by Gasteiger charge is 2.59. The van der Waals surface area contributed by atoms with Gasteiger partial charge in [0, 0.05) is 0 Å². The lowest BCUT2D eigenvalue weighted by Gasteiger charge is -2.61. The molecule has 0 aromatic rings. The monoisotopic (exact) mass is 260 g/mol. The molecule has 1 atom stereocenters. The van der Waals surface area contributed by atoms with E-state index < -0.39 is 5.54 Å². The molecule has 104 valence electrons. The fraction of sp³-hybridized carbons (Fsp3) is 0.812. The van der Waals surface area contributed by atoms with Crippen molar-refractivity contribution in [3.05, 3.63) is 0 Å². The molecule has 0 aliphatic heterocycles. The summed E-state index contributed by atoms with van der Waals surface area (Å²) in [5.74, 6) is 4.80. The number of carbonyl (C=O) groups is 1. The lowest BCUT2D eigenvalue weighted by Crippen LogP contribution is -2.67. The molecule has 4 bridgehead atoms. The molecule has 0 spiro atoms. The predicted octanol–water partition coefficient (Wildman–Crippen LogP) is 1.67. The lowest BCUT2D eigenvalue weighted by molar-refractivity contribution is -0.143. The van der Waals surface area contributed by atoms with Gasteiger partial charge in [0.05, 0.1) is 12.1 Å². The molecule has 3 heteroatoms. The number of rotatable bonds is 3. The van der Waals surface area contributed by atoms with Crippen molar-refractivity contribution >= 4 is 5.91 Å². The van der Waals surface area contributed by atoms with Gasteiger partial charge >= 0.3 is 0 Å². The Labute approximate surface area is 115 Å². The first-order valence-electron chi connectivity index (χ1n) is 7.47. The molecule has 3 nitrogen and oxygen atoms in total. The van der Waals surface area contributed by atoms with Crippen LogP contribution in [0.4, 0.5) is 0 Å². The Morgan fingerprint density at radius 3 is 2.21 bits per heavy atom. The number of hydrogen-bond acceptors (Lipinski definition) is 2. The number of carbonyl (C=O) groups excluding carboxylic acids is 1. The van der Waals surface area contributed by atoms with Crippen LogP contribution in [0.3, 0.4) is 0 Å². The summed E-state index contributed by atoms with van der Waals surface area (Å²) in [7, 11) is 0. The van der Waals surface area contributed by atoms with Gasteiger partial charge in [0.1, 0.15) is 0 Å². The third-order valence-corrected chi connectivity index (χ3v) is 5.96. The van der Waals surface area contributed by atoms with Crippen LogP contribution in [-0.4, -0.2) is 18.0 Å². The second-order valence-electron chi connectivity index (χ2n) is 7.29. The van der Waals surface area contributed by atoms with Crippen molar-refractivity contribution in [2.45, 2.75) is 51.0 Å². The number of hydrogen-bond donors (Lipinski definition) is 2. The van der Waals surface area contributed by atoms with Gasteiger partial charge in [-0.1, -0.05) is 5.92 Å². The Morgan fingerprint density at radius 2 is 1.79 bits per heavy atom. The SMILES string of the molecule is C#CCNC(=O)C(C)(N)C12CC3CC(CC(C3)C1)C2. The molecule has 4 fully saturated rings. The summed E-state index contributed by atoms with van der Waals surface area (Å²) in [5.41, 5.74) is 5.76. The fourth-order valence-corrected chi connectivity index (χ4v) is 5.30. The highest BCUT2D eigenvalue weighted by atomic mass is 16.2. The van der Waals surface area contributed by atoms with Gasteiger partial charge in [0.2, 0.25) is 5.91 Å². The van der Waals surface area contributed by atoms with Crippen LogP contribution in [0.5, 0.6) is 0 Å². The third-order valence-electron chi connectivity index (χ3n) is 5.96. The van der Waals surface area contributed by atoms with Gasteiger partial charge in [0.15, 0.2) is 0 Å². The van der Waals surface area contributed by atoms with Gasteiger partial charge < -0.3 is 11.1 Å². The van der Waals surface area contributed by atoms with E-state index in [1.54, 1.807) is 0 Å². The van der Waals surface area contributed by atoms with E-state index in [0.29, 0.717) is 0 Å². The maximum Gasteiger partial charge on any atom is 0.241 e. The van der Waals surface area contributed by atoms with Crippen LogP contribution in [0.1, 0.15) is 45.4 Å². The zero-order valence-corrected chi connectivity index (χ0v) is 11.7. The zero-order chi connectivity index (χ0) is 13.7. The number of amides is 1. The second-order valence-corrected chi connectivity index (χ2v) is 7.29. The van der Waals surface area contributed by atoms with Crippen molar-refractivity contribution in [3.8, 4) is 12.3 Å². The van der Waals surface area contributed by atoms with E-state index in [1.165, 1.54) is 19.3 Å². The molecule has 1 amide bonds. The van der Waals surface area contributed by atoms with Crippen LogP contribution >= 0.6 is 0 Å². The maximum atomic E-state index is 12.4. The average Bonchev–Trinajstić information content (AvgIpc) is 2.34. The average molecular weight is 260 g/mol. The molecule has 4 rings (SSSR count). The molecule has 0 saturated heterocycles. The molecule has 0 heterocycles. The Bertz CT molecular complexity index is 397. The van der Waals surface area contributed by atoms with E-state index in [4.69, 9.17) is 12.2 Å². The van der Waals surface area contributed by atoms with Crippen LogP contribution < -0.4 is 11.1 Å². The van der Waals surface area contributed by atoms with E-state index >= 15 is 0 Å². The Hall–Kier alpha value is -1.01. The van der Waals surface area contributed by atoms with Crippen molar-refractivity contribution in [3.63, 3.8) is 0 Å². The highest BCUT2D eigenvalue weighted by molar-refractivity contribution is 5.87. The quantitative estimate of drug-likeness (QED) is 0.758. The van der Waals surface area contributed by atoms with E-state index in [9.17, 15) is 4.79 Å². The van der Waals surface area contributed by atoms with Crippen LogP contribution in [-0.2, 0) is 4.79 Å². The van der Waals surface area contributed by atoms with Gasteiger partial charge in [0.25, 0.3) is 0 Å². The van der Waals surface area contributed by atoms with Crippen molar-refractivity contribution in [1.82, 2.24) is 5.32 Å². The summed E-state index contributed by atoms with van der Waals surface area (Å²) >= 11 is 0. The van der Waals surface area contributed by atoms with Crippen LogP contribution in [0, 0.1) is 35.5 Å². The van der Waals surface area contributed by atoms with Crippen molar-refractivity contribution in [1.29, 1.82) is 0 Å². The standard InChI is InChI=1S/C16H24N2O/c1-3-4-18-14(19)15(2,17)16-8-11-5-12(9-16)7-13(6-11)10-16/h1,11-13H,4-10,17H2,2H3,(H,18,19). The van der Waals surface area contributed by atoms with Crippen LogP contribution in [0.15, 0.2) is 0 Å². The summed E-state index contributed by atoms with van der Waals surface area (Å²) in [6.07, 6.45) is 12.7. The minimum Gasteiger partial charge on any atom is -0.344 e. The number of terminal acetylenes is 1. The molecule has 0 aromatic carbocycles. The largest absolute Gasteiger partial charge is 0.344 e. The minimum absolute atomic E-state index is 0.0143. The molecular weight excluding hydrogens is 236 g/mol. The first-order chi connectivity index (χ1) is 8.97. The fourth-order valence-electron chi connectivity index (χ4n) is 5.30. The van der Waals surface area contributed by atoms with Gasteiger partial charge in [-0.15, -0.1) is 6.42 Å². The van der Waals surface area contributed by atoms with Crippen LogP contribution in [0.2, 0.25) is 0 Å². The minimum atomic E-state index is -0.778. The molecule has 0 aromatic heterocycles. The van der Waals surface area contributed by atoms with Crippen LogP contribution in [0.25, 0.3) is 0 Å². The Morgan fingerprint density at radius 1 is 1.32 bits per heavy atom. The van der Waals surface area contributed by atoms with Crippen molar-refractivity contribution in [2.24, 2.45) is 28.9 Å². The van der Waals surface area contributed by atoms with E-state index in [2.05, 4.69) is 11.2 Å². The Balaban J connectivity index is 1.84. The first kappa shape index (κ1) is 13.0. The van der Waals surface area contributed by atoms with Gasteiger partial charge in [-0.05, 0) is 68.6 Å². The van der Waals surface area contributed by atoms with Gasteiger partial charge in [-0.3, -0.25) is 4.79 Å². The third kappa shape index (κ3) is 1.89. The molecule has 3 N–H and O–H groups in total. The Kier molecular flexibility index (Phi) is 2.90. The molecule has 4 aliphatic rings. The van der Waals surface area contributed by atoms with E-state index in [1.807, 2.05) is 6.92 Å². The highest BCUT2D eigenvalue weighted by Crippen LogP contribution is 2.63. The number of nitrogens with one attached hydrogen (secondary N) is 1. The predicted molar refractivity (Wildman–Crippen MR) is 75.0 cm³/mol. The molecule has 0 radical (unpaired) electrons. The second kappa shape index (κ2) is 4.24. The first-order valence-corrected chi connectivity index (χ1v) is 7.47. The molecule has 4 saturated carbocycles. The van der Waals surface area contributed by atoms with Gasteiger partial charge in [-0.25, -0.2) is 0 Å². The van der Waals surface area contributed by atoms with Crippen molar-refractivity contribution in [2.75, 3.05) is 6.54 Å². The van der Waals surface area contributed by atoms with E-state index in [0.717, 1.165) is 37.0 Å². The summed E-state index contributed by atoms with van der Waals surface area (Å²) < 4.78 is 0. The molecule has 4 aliphatic carbocycles. The topological polar surface area (TPSA) is 55.1 Å². The molecule has 1 unspecified atom stereocenters. The lowest BCUT2D eigenvalue weighted by atomic mass is 9.45. The van der Waals surface area contributed by atoms with Crippen molar-refractivity contribution < 1.29 is 4.79 Å². The summed E-state index contributed by atoms with van der Waals surface area (Å²) in [5, 5.41) is 2.80. The smallest absolute Gasteiger partial charge is 0.241 e.